The van der Waals surface area contributed by atoms with E-state index in [1.54, 1.807) is 16.8 Å². The molecule has 23 heavy (non-hydrogen) atoms. The van der Waals surface area contributed by atoms with Gasteiger partial charge in [0.15, 0.2) is 0 Å². The summed E-state index contributed by atoms with van der Waals surface area (Å²) in [7, 11) is 0. The van der Waals surface area contributed by atoms with Crippen molar-refractivity contribution in [1.82, 2.24) is 20.1 Å². The first-order chi connectivity index (χ1) is 11.1. The van der Waals surface area contributed by atoms with Crippen molar-refractivity contribution in [1.29, 1.82) is 0 Å². The highest BCUT2D eigenvalue weighted by Gasteiger charge is 2.11. The maximum Gasteiger partial charge on any atom is 0.291 e. The lowest BCUT2D eigenvalue weighted by molar-refractivity contribution is 0.0940. The Morgan fingerprint density at radius 3 is 2.74 bits per heavy atom. The van der Waals surface area contributed by atoms with Crippen LogP contribution >= 0.6 is 0 Å². The molecule has 0 radical (unpaired) electrons. The molecular weight excluding hydrogens is 295 g/mol. The number of aromatic nitrogens is 3. The van der Waals surface area contributed by atoms with Gasteiger partial charge < -0.3 is 5.32 Å². The zero-order valence-electron chi connectivity index (χ0n) is 12.5. The molecular formula is C17H15FN4O. The van der Waals surface area contributed by atoms with E-state index in [9.17, 15) is 9.18 Å². The van der Waals surface area contributed by atoms with E-state index < -0.39 is 0 Å². The number of carbonyl (C=O) groups is 1. The molecule has 5 nitrogen and oxygen atoms in total. The van der Waals surface area contributed by atoms with Gasteiger partial charge in [0.25, 0.3) is 5.91 Å². The predicted molar refractivity (Wildman–Crippen MR) is 83.7 cm³/mol. The van der Waals surface area contributed by atoms with Crippen LogP contribution in [0.3, 0.4) is 0 Å². The molecule has 1 N–H and O–H groups in total. The number of amides is 1. The van der Waals surface area contributed by atoms with Gasteiger partial charge in [0.05, 0.1) is 5.69 Å². The Bertz CT molecular complexity index is 827. The minimum absolute atomic E-state index is 0.0913. The van der Waals surface area contributed by atoms with Gasteiger partial charge in [-0.3, -0.25) is 4.79 Å². The summed E-state index contributed by atoms with van der Waals surface area (Å²) in [6.45, 7) is 2.27. The second-order valence-electron chi connectivity index (χ2n) is 5.16. The van der Waals surface area contributed by atoms with E-state index in [0.717, 1.165) is 16.8 Å². The van der Waals surface area contributed by atoms with Gasteiger partial charge in [-0.15, -0.1) is 5.10 Å². The van der Waals surface area contributed by atoms with Crippen LogP contribution in [0.5, 0.6) is 0 Å². The van der Waals surface area contributed by atoms with E-state index in [4.69, 9.17) is 0 Å². The van der Waals surface area contributed by atoms with Crippen LogP contribution in [0.25, 0.3) is 5.69 Å². The second kappa shape index (κ2) is 6.39. The van der Waals surface area contributed by atoms with Crippen LogP contribution in [0.1, 0.15) is 21.7 Å². The fraction of sp³-hybridized carbons (Fsp3) is 0.118. The first-order valence-electron chi connectivity index (χ1n) is 7.13. The molecule has 0 aliphatic heterocycles. The molecule has 0 atom stereocenters. The van der Waals surface area contributed by atoms with Crippen molar-refractivity contribution in [3.8, 4) is 5.69 Å². The highest BCUT2D eigenvalue weighted by molar-refractivity contribution is 5.90. The topological polar surface area (TPSA) is 59.8 Å². The predicted octanol–water partition coefficient (Wildman–Crippen LogP) is 2.64. The third kappa shape index (κ3) is 3.60. The number of benzene rings is 2. The Morgan fingerprint density at radius 2 is 2.00 bits per heavy atom. The minimum Gasteiger partial charge on any atom is -0.345 e. The molecule has 0 fully saturated rings. The van der Waals surface area contributed by atoms with Gasteiger partial charge >= 0.3 is 0 Å². The van der Waals surface area contributed by atoms with E-state index in [2.05, 4.69) is 15.4 Å². The monoisotopic (exact) mass is 310 g/mol. The van der Waals surface area contributed by atoms with Crippen molar-refractivity contribution in [2.24, 2.45) is 0 Å². The summed E-state index contributed by atoms with van der Waals surface area (Å²) in [5.41, 5.74) is 2.74. The fourth-order valence-corrected chi connectivity index (χ4v) is 2.13. The summed E-state index contributed by atoms with van der Waals surface area (Å²) in [6.07, 6.45) is 1.50. The highest BCUT2D eigenvalue weighted by Crippen LogP contribution is 2.08. The largest absolute Gasteiger partial charge is 0.345 e. The smallest absolute Gasteiger partial charge is 0.291 e. The molecule has 0 unspecified atom stereocenters. The molecule has 3 rings (SSSR count). The minimum atomic E-state index is -0.374. The maximum atomic E-state index is 12.8. The van der Waals surface area contributed by atoms with Crippen LogP contribution in [0, 0.1) is 12.7 Å². The summed E-state index contributed by atoms with van der Waals surface area (Å²) in [5.74, 6) is -0.590. The number of carbonyl (C=O) groups excluding carboxylic acids is 1. The van der Waals surface area contributed by atoms with Crippen LogP contribution in [0.4, 0.5) is 4.39 Å². The lowest BCUT2D eigenvalue weighted by Crippen LogP contribution is -2.24. The Labute approximate surface area is 132 Å². The Kier molecular flexibility index (Phi) is 4.14. The normalized spacial score (nSPS) is 10.5. The molecule has 0 saturated carbocycles. The van der Waals surface area contributed by atoms with Gasteiger partial charge in [0.1, 0.15) is 12.1 Å². The van der Waals surface area contributed by atoms with Crippen LogP contribution in [0.15, 0.2) is 54.9 Å². The molecule has 6 heteroatoms. The average Bonchev–Trinajstić information content (AvgIpc) is 3.04. The fourth-order valence-electron chi connectivity index (χ4n) is 2.13. The zero-order valence-corrected chi connectivity index (χ0v) is 12.5. The summed E-state index contributed by atoms with van der Waals surface area (Å²) in [4.78, 5) is 16.1. The number of rotatable bonds is 4. The van der Waals surface area contributed by atoms with Crippen molar-refractivity contribution in [2.75, 3.05) is 0 Å². The summed E-state index contributed by atoms with van der Waals surface area (Å²) < 4.78 is 14.4. The van der Waals surface area contributed by atoms with Gasteiger partial charge in [-0.05, 0) is 42.3 Å². The van der Waals surface area contributed by atoms with E-state index in [-0.39, 0.29) is 24.1 Å². The van der Waals surface area contributed by atoms with Crippen molar-refractivity contribution in [3.63, 3.8) is 0 Å². The molecule has 1 amide bonds. The maximum absolute atomic E-state index is 12.8. The molecule has 0 aliphatic rings. The van der Waals surface area contributed by atoms with Crippen LogP contribution in [0.2, 0.25) is 0 Å². The summed E-state index contributed by atoms with van der Waals surface area (Å²) >= 11 is 0. The van der Waals surface area contributed by atoms with Crippen LogP contribution in [-0.2, 0) is 6.54 Å². The number of nitrogens with one attached hydrogen (secondary N) is 1. The molecule has 1 aromatic heterocycles. The van der Waals surface area contributed by atoms with Crippen molar-refractivity contribution in [2.45, 2.75) is 13.5 Å². The summed E-state index contributed by atoms with van der Waals surface area (Å²) in [5, 5.41) is 6.89. The van der Waals surface area contributed by atoms with Crippen LogP contribution < -0.4 is 5.32 Å². The van der Waals surface area contributed by atoms with Crippen LogP contribution in [-0.4, -0.2) is 20.7 Å². The van der Waals surface area contributed by atoms with Crippen molar-refractivity contribution < 1.29 is 9.18 Å². The van der Waals surface area contributed by atoms with E-state index in [0.29, 0.717) is 0 Å². The van der Waals surface area contributed by atoms with Gasteiger partial charge in [0, 0.05) is 6.54 Å². The SMILES string of the molecule is Cc1cccc(-n2cnc(C(=O)NCc3ccc(F)cc3)n2)c1. The number of nitrogens with zero attached hydrogens (tertiary/aromatic N) is 3. The molecule has 0 saturated heterocycles. The first-order valence-corrected chi connectivity index (χ1v) is 7.13. The van der Waals surface area contributed by atoms with E-state index in [1.165, 1.54) is 18.5 Å². The van der Waals surface area contributed by atoms with Gasteiger partial charge in [-0.1, -0.05) is 24.3 Å². The molecule has 2 aromatic carbocycles. The molecule has 116 valence electrons. The average molecular weight is 310 g/mol. The number of hydrogen-bond acceptors (Lipinski definition) is 3. The lowest BCUT2D eigenvalue weighted by atomic mass is 10.2. The second-order valence-corrected chi connectivity index (χ2v) is 5.16. The molecule has 0 bridgehead atoms. The van der Waals surface area contributed by atoms with Gasteiger partial charge in [-0.25, -0.2) is 14.1 Å². The molecule has 0 spiro atoms. The summed E-state index contributed by atoms with van der Waals surface area (Å²) in [6, 6.07) is 13.7. The van der Waals surface area contributed by atoms with E-state index >= 15 is 0 Å². The Morgan fingerprint density at radius 1 is 1.22 bits per heavy atom. The Balaban J connectivity index is 1.67. The lowest BCUT2D eigenvalue weighted by Gasteiger charge is -2.03. The molecule has 1 heterocycles. The van der Waals surface area contributed by atoms with Gasteiger partial charge in [0.2, 0.25) is 5.82 Å². The third-order valence-electron chi connectivity index (χ3n) is 3.33. The highest BCUT2D eigenvalue weighted by atomic mass is 19.1. The number of halogens is 1. The quantitative estimate of drug-likeness (QED) is 0.806. The first kappa shape index (κ1) is 14.9. The zero-order chi connectivity index (χ0) is 16.2. The van der Waals surface area contributed by atoms with Gasteiger partial charge in [-0.2, -0.15) is 0 Å². The van der Waals surface area contributed by atoms with E-state index in [1.807, 2.05) is 31.2 Å². The number of hydrogen-bond donors (Lipinski definition) is 1. The van der Waals surface area contributed by atoms with Crippen molar-refractivity contribution >= 4 is 5.91 Å². The Hall–Kier alpha value is -3.02. The molecule has 3 aromatic rings. The number of aryl methyl sites for hydroxylation is 1. The van der Waals surface area contributed by atoms with Crippen molar-refractivity contribution in [3.05, 3.63) is 77.6 Å². The standard InChI is InChI=1S/C17H15FN4O/c1-12-3-2-4-15(9-12)22-11-20-16(21-22)17(23)19-10-13-5-7-14(18)8-6-13/h2-9,11H,10H2,1H3,(H,19,23). The third-order valence-corrected chi connectivity index (χ3v) is 3.33. The molecule has 0 aliphatic carbocycles.